The summed E-state index contributed by atoms with van der Waals surface area (Å²) in [5.74, 6) is 0.827. The monoisotopic (exact) mass is 566 g/mol. The Morgan fingerprint density at radius 2 is 1.83 bits per heavy atom. The minimum atomic E-state index is -0.384. The number of fused-ring (bicyclic) bond motifs is 1. The number of nitrogens with zero attached hydrogens (tertiary/aromatic N) is 5. The summed E-state index contributed by atoms with van der Waals surface area (Å²) in [6, 6.07) is 19.8. The van der Waals surface area contributed by atoms with Gasteiger partial charge in [0.1, 0.15) is 23.6 Å². The molecule has 1 atom stereocenters. The van der Waals surface area contributed by atoms with Crippen molar-refractivity contribution < 1.29 is 14.3 Å². The topological polar surface area (TPSA) is 94.4 Å². The highest BCUT2D eigenvalue weighted by molar-refractivity contribution is 5.90. The van der Waals surface area contributed by atoms with Crippen LogP contribution in [0.3, 0.4) is 0 Å². The average Bonchev–Trinajstić information content (AvgIpc) is 3.43. The predicted octanol–water partition coefficient (Wildman–Crippen LogP) is 6.12. The number of nitrogens with one attached hydrogen (secondary N) is 1. The van der Waals surface area contributed by atoms with Gasteiger partial charge in [0.2, 0.25) is 0 Å². The maximum atomic E-state index is 12.3. The molecule has 9 nitrogen and oxygen atoms in total. The van der Waals surface area contributed by atoms with Gasteiger partial charge in [0.05, 0.1) is 6.20 Å². The minimum absolute atomic E-state index is 0.0297. The van der Waals surface area contributed by atoms with Crippen LogP contribution in [-0.2, 0) is 16.1 Å². The maximum absolute atomic E-state index is 12.3. The van der Waals surface area contributed by atoms with Crippen LogP contribution in [0.5, 0.6) is 0 Å². The third-order valence-corrected chi connectivity index (χ3v) is 8.39. The molecule has 4 heterocycles. The van der Waals surface area contributed by atoms with Gasteiger partial charge in [-0.1, -0.05) is 74.2 Å². The molecule has 0 radical (unpaired) electrons. The highest BCUT2D eigenvalue weighted by Gasteiger charge is 2.32. The fourth-order valence-electron chi connectivity index (χ4n) is 5.66. The maximum Gasteiger partial charge on any atom is 0.407 e. The summed E-state index contributed by atoms with van der Waals surface area (Å²) >= 11 is 0. The Kier molecular flexibility index (Phi) is 8.19. The van der Waals surface area contributed by atoms with Gasteiger partial charge in [-0.3, -0.25) is 0 Å². The van der Waals surface area contributed by atoms with Crippen molar-refractivity contribution in [2.45, 2.75) is 51.9 Å². The average molecular weight is 567 g/mol. The second-order valence-corrected chi connectivity index (χ2v) is 11.6. The third-order valence-electron chi connectivity index (χ3n) is 8.39. The van der Waals surface area contributed by atoms with Crippen LogP contribution in [0.15, 0.2) is 73.4 Å². The quantitative estimate of drug-likeness (QED) is 0.275. The van der Waals surface area contributed by atoms with Gasteiger partial charge in [-0.25, -0.2) is 19.4 Å². The van der Waals surface area contributed by atoms with Gasteiger partial charge >= 0.3 is 6.09 Å². The molecule has 1 unspecified atom stereocenters. The largest absolute Gasteiger partial charge is 0.445 e. The first-order valence-corrected chi connectivity index (χ1v) is 14.8. The standard InChI is InChI=1S/C33H38N6O3/c1-24(26-13-7-4-8-14-26)29-30-31(39(37-29)28-15-9-10-20-41-28)36-27(21-34-30)38-18-16-33(2,17-19-38)23-35-32(40)42-22-25-11-5-3-6-12-25/h3-8,11-14,21,28H,1,9-10,15-20,22-23H2,2H3,(H,35,40). The molecular weight excluding hydrogens is 528 g/mol. The fourth-order valence-corrected chi connectivity index (χ4v) is 5.66. The van der Waals surface area contributed by atoms with Crippen LogP contribution in [0.25, 0.3) is 16.7 Å². The Morgan fingerprint density at radius 1 is 1.10 bits per heavy atom. The lowest BCUT2D eigenvalue weighted by Gasteiger charge is -2.39. The van der Waals surface area contributed by atoms with Gasteiger partial charge in [0, 0.05) is 31.8 Å². The Hall–Kier alpha value is -4.24. The van der Waals surface area contributed by atoms with Gasteiger partial charge in [-0.2, -0.15) is 5.10 Å². The number of aromatic nitrogens is 4. The van der Waals surface area contributed by atoms with Crippen molar-refractivity contribution in [2.24, 2.45) is 5.41 Å². The van der Waals surface area contributed by atoms with Crippen molar-refractivity contribution in [3.05, 3.63) is 90.3 Å². The van der Waals surface area contributed by atoms with Crippen LogP contribution in [0.2, 0.25) is 0 Å². The summed E-state index contributed by atoms with van der Waals surface area (Å²) in [5.41, 5.74) is 4.97. The molecule has 6 rings (SSSR count). The highest BCUT2D eigenvalue weighted by Crippen LogP contribution is 2.34. The molecule has 0 bridgehead atoms. The summed E-state index contributed by atoms with van der Waals surface area (Å²) in [6.45, 7) is 9.75. The molecule has 1 N–H and O–H groups in total. The van der Waals surface area contributed by atoms with Gasteiger partial charge in [-0.15, -0.1) is 0 Å². The van der Waals surface area contributed by atoms with Gasteiger partial charge < -0.3 is 19.7 Å². The molecule has 0 saturated carbocycles. The number of piperidine rings is 1. The predicted molar refractivity (Wildman–Crippen MR) is 163 cm³/mol. The van der Waals surface area contributed by atoms with Crippen LogP contribution in [0, 0.1) is 5.41 Å². The summed E-state index contributed by atoms with van der Waals surface area (Å²) in [5, 5.41) is 7.94. The molecular formula is C33H38N6O3. The Balaban J connectivity index is 1.14. The summed E-state index contributed by atoms with van der Waals surface area (Å²) < 4.78 is 13.4. The summed E-state index contributed by atoms with van der Waals surface area (Å²) in [7, 11) is 0. The van der Waals surface area contributed by atoms with Crippen LogP contribution < -0.4 is 10.2 Å². The Bertz CT molecular complexity index is 1520. The smallest absolute Gasteiger partial charge is 0.407 e. The molecule has 2 saturated heterocycles. The van der Waals surface area contributed by atoms with E-state index >= 15 is 0 Å². The lowest BCUT2D eigenvalue weighted by molar-refractivity contribution is -0.0370. The van der Waals surface area contributed by atoms with Crippen molar-refractivity contribution in [1.29, 1.82) is 0 Å². The number of alkyl carbamates (subject to hydrolysis) is 1. The first-order chi connectivity index (χ1) is 20.5. The van der Waals surface area contributed by atoms with Gasteiger partial charge in [-0.05, 0) is 48.6 Å². The molecule has 9 heteroatoms. The van der Waals surface area contributed by atoms with Gasteiger partial charge in [0.15, 0.2) is 11.9 Å². The molecule has 2 aliphatic heterocycles. The van der Waals surface area contributed by atoms with E-state index in [1.165, 1.54) is 0 Å². The number of benzene rings is 2. The number of amides is 1. The minimum Gasteiger partial charge on any atom is -0.445 e. The zero-order valence-corrected chi connectivity index (χ0v) is 24.2. The van der Waals surface area contributed by atoms with E-state index in [1.54, 1.807) is 0 Å². The molecule has 1 amide bonds. The number of carbonyl (C=O) groups is 1. The van der Waals surface area contributed by atoms with Crippen molar-refractivity contribution in [3.8, 4) is 0 Å². The van der Waals surface area contributed by atoms with E-state index in [-0.39, 0.29) is 24.3 Å². The molecule has 218 valence electrons. The van der Waals surface area contributed by atoms with Crippen LogP contribution in [-0.4, -0.2) is 52.1 Å². The molecule has 2 aromatic carbocycles. The highest BCUT2D eigenvalue weighted by atomic mass is 16.5. The zero-order chi connectivity index (χ0) is 28.9. The lowest BCUT2D eigenvalue weighted by Crippen LogP contribution is -2.45. The third kappa shape index (κ3) is 6.16. The molecule has 0 spiro atoms. The number of hydrogen-bond acceptors (Lipinski definition) is 7. The Labute approximate surface area is 246 Å². The number of hydrogen-bond donors (Lipinski definition) is 1. The summed E-state index contributed by atoms with van der Waals surface area (Å²) in [6.07, 6.45) is 6.15. The molecule has 4 aromatic rings. The van der Waals surface area contributed by atoms with Crippen molar-refractivity contribution in [3.63, 3.8) is 0 Å². The zero-order valence-electron chi connectivity index (χ0n) is 24.2. The summed E-state index contributed by atoms with van der Waals surface area (Å²) in [4.78, 5) is 24.6. The second kappa shape index (κ2) is 12.3. The second-order valence-electron chi connectivity index (χ2n) is 11.6. The van der Waals surface area contributed by atoms with Crippen molar-refractivity contribution in [1.82, 2.24) is 25.1 Å². The number of ether oxygens (including phenoxy) is 2. The van der Waals surface area contributed by atoms with E-state index in [1.807, 2.05) is 71.5 Å². The lowest BCUT2D eigenvalue weighted by atomic mass is 9.80. The normalized spacial score (nSPS) is 18.5. The first-order valence-electron chi connectivity index (χ1n) is 14.8. The molecule has 42 heavy (non-hydrogen) atoms. The van der Waals surface area contributed by atoms with E-state index in [2.05, 4.69) is 23.7 Å². The first kappa shape index (κ1) is 27.9. The number of rotatable bonds is 8. The molecule has 2 fully saturated rings. The molecule has 2 aromatic heterocycles. The van der Waals surface area contributed by atoms with E-state index in [0.29, 0.717) is 13.2 Å². The SMILES string of the molecule is C=C(c1ccccc1)c1nn(C2CCCCO2)c2nc(N3CCC(C)(CNC(=O)OCc4ccccc4)CC3)cnc12. The molecule has 0 aliphatic carbocycles. The van der Waals surface area contributed by atoms with E-state index in [0.717, 1.165) is 84.6 Å². The van der Waals surface area contributed by atoms with E-state index in [4.69, 9.17) is 24.5 Å². The van der Waals surface area contributed by atoms with Gasteiger partial charge in [0.25, 0.3) is 0 Å². The van der Waals surface area contributed by atoms with Crippen LogP contribution >= 0.6 is 0 Å². The van der Waals surface area contributed by atoms with E-state index < -0.39 is 0 Å². The van der Waals surface area contributed by atoms with Crippen LogP contribution in [0.4, 0.5) is 10.6 Å². The van der Waals surface area contributed by atoms with Crippen LogP contribution in [0.1, 0.15) is 62.1 Å². The fraction of sp³-hybridized carbons (Fsp3) is 0.394. The number of carbonyl (C=O) groups excluding carboxylic acids is 1. The Morgan fingerprint density at radius 3 is 2.55 bits per heavy atom. The van der Waals surface area contributed by atoms with E-state index in [9.17, 15) is 4.79 Å². The van der Waals surface area contributed by atoms with Crippen molar-refractivity contribution in [2.75, 3.05) is 31.1 Å². The molecule has 2 aliphatic rings. The number of anilines is 1. The van der Waals surface area contributed by atoms with Crippen molar-refractivity contribution >= 4 is 28.6 Å².